The maximum absolute atomic E-state index is 11.8. The summed E-state index contributed by atoms with van der Waals surface area (Å²) in [6, 6.07) is 2.31. The first kappa shape index (κ1) is 15.6. The Kier molecular flexibility index (Phi) is 3.84. The average Bonchev–Trinajstić information content (AvgIpc) is 3.32. The fourth-order valence-electron chi connectivity index (χ4n) is 3.92. The van der Waals surface area contributed by atoms with Gasteiger partial charge in [-0.05, 0) is 18.8 Å². The normalized spacial score (nSPS) is 18.0. The Labute approximate surface area is 143 Å². The van der Waals surface area contributed by atoms with Crippen LogP contribution in [0.2, 0.25) is 0 Å². The molecule has 1 unspecified atom stereocenters. The molecule has 2 aromatic heterocycles. The maximum Gasteiger partial charge on any atom is 0.347 e. The molecule has 128 valence electrons. The van der Waals surface area contributed by atoms with Crippen molar-refractivity contribution in [3.05, 3.63) is 28.4 Å². The predicted molar refractivity (Wildman–Crippen MR) is 89.6 cm³/mol. The second-order valence-electron chi connectivity index (χ2n) is 6.65. The summed E-state index contributed by atoms with van der Waals surface area (Å²) < 4.78 is 1.84. The number of rotatable bonds is 4. The molecule has 0 aromatic carbocycles. The van der Waals surface area contributed by atoms with E-state index in [1.54, 1.807) is 6.20 Å². The van der Waals surface area contributed by atoms with Gasteiger partial charge in [-0.1, -0.05) is 12.8 Å². The van der Waals surface area contributed by atoms with Crippen molar-refractivity contribution in [3.63, 3.8) is 0 Å². The van der Waals surface area contributed by atoms with Gasteiger partial charge < -0.3 is 10.3 Å². The van der Waals surface area contributed by atoms with Crippen LogP contribution in [-0.4, -0.2) is 25.7 Å². The van der Waals surface area contributed by atoms with Gasteiger partial charge in [-0.25, -0.2) is 4.79 Å². The molecule has 1 atom stereocenters. The Morgan fingerprint density at radius 1 is 1.36 bits per heavy atom. The summed E-state index contributed by atoms with van der Waals surface area (Å²) in [5, 5.41) is 16.2. The van der Waals surface area contributed by atoms with Gasteiger partial charge in [0.2, 0.25) is 5.91 Å². The number of H-pyrrole nitrogens is 1. The third-order valence-electron chi connectivity index (χ3n) is 5.10. The minimum absolute atomic E-state index is 0.0441. The number of hydrogen-bond donors (Lipinski definition) is 2. The monoisotopic (exact) mass is 338 g/mol. The van der Waals surface area contributed by atoms with Gasteiger partial charge in [0.1, 0.15) is 5.82 Å². The first-order chi connectivity index (χ1) is 12.2. The number of nitrogens with one attached hydrogen (secondary N) is 2. The van der Waals surface area contributed by atoms with Crippen molar-refractivity contribution in [2.75, 3.05) is 5.32 Å². The van der Waals surface area contributed by atoms with Crippen molar-refractivity contribution in [1.82, 2.24) is 19.7 Å². The minimum atomic E-state index is -0.506. The SMILES string of the molecule is N#CCC(C1CCCC1)n1cc(-c2[nH]c(=O)nc3c2CC(=O)N3)cn1. The van der Waals surface area contributed by atoms with Crippen LogP contribution in [0, 0.1) is 17.2 Å². The van der Waals surface area contributed by atoms with E-state index in [2.05, 4.69) is 26.5 Å². The molecule has 8 nitrogen and oxygen atoms in total. The van der Waals surface area contributed by atoms with Crippen LogP contribution in [0.15, 0.2) is 17.2 Å². The van der Waals surface area contributed by atoms with Gasteiger partial charge in [-0.2, -0.15) is 15.3 Å². The number of nitrogens with zero attached hydrogens (tertiary/aromatic N) is 4. The first-order valence-corrected chi connectivity index (χ1v) is 8.50. The lowest BCUT2D eigenvalue weighted by molar-refractivity contribution is -0.115. The van der Waals surface area contributed by atoms with E-state index in [-0.39, 0.29) is 18.4 Å². The Bertz CT molecular complexity index is 916. The second-order valence-corrected chi connectivity index (χ2v) is 6.65. The molecule has 1 saturated carbocycles. The third kappa shape index (κ3) is 2.82. The summed E-state index contributed by atoms with van der Waals surface area (Å²) in [4.78, 5) is 30.0. The Hall–Kier alpha value is -2.95. The van der Waals surface area contributed by atoms with E-state index in [0.717, 1.165) is 18.4 Å². The third-order valence-corrected chi connectivity index (χ3v) is 5.10. The Morgan fingerprint density at radius 2 is 2.16 bits per heavy atom. The molecule has 2 N–H and O–H groups in total. The number of fused-ring (bicyclic) bond motifs is 1. The smallest absolute Gasteiger partial charge is 0.310 e. The first-order valence-electron chi connectivity index (χ1n) is 8.50. The van der Waals surface area contributed by atoms with Gasteiger partial charge in [0.15, 0.2) is 0 Å². The average molecular weight is 338 g/mol. The molecule has 8 heteroatoms. The van der Waals surface area contributed by atoms with Gasteiger partial charge in [0, 0.05) is 17.3 Å². The molecular formula is C17H18N6O2. The molecule has 0 bridgehead atoms. The topological polar surface area (TPSA) is 116 Å². The van der Waals surface area contributed by atoms with Gasteiger partial charge in [0.05, 0.1) is 36.8 Å². The summed E-state index contributed by atoms with van der Waals surface area (Å²) in [6.07, 6.45) is 8.74. The lowest BCUT2D eigenvalue weighted by Crippen LogP contribution is -2.17. The highest BCUT2D eigenvalue weighted by Gasteiger charge is 2.28. The summed E-state index contributed by atoms with van der Waals surface area (Å²) in [7, 11) is 0. The van der Waals surface area contributed by atoms with Crippen molar-refractivity contribution in [2.45, 2.75) is 44.6 Å². The zero-order chi connectivity index (χ0) is 17.4. The molecule has 1 aliphatic carbocycles. The van der Waals surface area contributed by atoms with Crippen molar-refractivity contribution in [1.29, 1.82) is 5.26 Å². The number of carbonyl (C=O) groups is 1. The quantitative estimate of drug-likeness (QED) is 0.881. The highest BCUT2D eigenvalue weighted by molar-refractivity contribution is 5.99. The van der Waals surface area contributed by atoms with Crippen molar-refractivity contribution < 1.29 is 4.79 Å². The second kappa shape index (κ2) is 6.16. The van der Waals surface area contributed by atoms with E-state index in [1.807, 2.05) is 10.9 Å². The number of nitriles is 1. The fraction of sp³-hybridized carbons (Fsp3) is 0.471. The van der Waals surface area contributed by atoms with Crippen LogP contribution in [0.25, 0.3) is 11.3 Å². The van der Waals surface area contributed by atoms with E-state index >= 15 is 0 Å². The fourth-order valence-corrected chi connectivity index (χ4v) is 3.92. The largest absolute Gasteiger partial charge is 0.347 e. The molecule has 2 aliphatic rings. The van der Waals surface area contributed by atoms with E-state index in [0.29, 0.717) is 29.4 Å². The number of amides is 1. The molecule has 1 aliphatic heterocycles. The van der Waals surface area contributed by atoms with Crippen LogP contribution in [0.1, 0.15) is 43.7 Å². The van der Waals surface area contributed by atoms with Crippen LogP contribution >= 0.6 is 0 Å². The Morgan fingerprint density at radius 3 is 2.92 bits per heavy atom. The summed E-state index contributed by atoms with van der Waals surface area (Å²) in [6.45, 7) is 0. The predicted octanol–water partition coefficient (Wildman–Crippen LogP) is 1.77. The minimum Gasteiger partial charge on any atom is -0.310 e. The molecule has 2 aromatic rings. The standard InChI is InChI=1S/C17H18N6O2/c18-6-5-13(10-3-1-2-4-10)23-9-11(8-19-23)15-12-7-14(24)20-16(12)22-17(25)21-15/h8-10,13H,1-5,7H2,(H2,20,21,22,24,25). The van der Waals surface area contributed by atoms with Crippen molar-refractivity contribution in [3.8, 4) is 17.3 Å². The highest BCUT2D eigenvalue weighted by atomic mass is 16.2. The van der Waals surface area contributed by atoms with Crippen molar-refractivity contribution in [2.24, 2.45) is 5.92 Å². The van der Waals surface area contributed by atoms with Gasteiger partial charge in [-0.15, -0.1) is 0 Å². The number of hydrogen-bond acceptors (Lipinski definition) is 5. The van der Waals surface area contributed by atoms with E-state index in [4.69, 9.17) is 0 Å². The van der Waals surface area contributed by atoms with Crippen LogP contribution in [0.5, 0.6) is 0 Å². The van der Waals surface area contributed by atoms with E-state index < -0.39 is 5.69 Å². The van der Waals surface area contributed by atoms with Crippen LogP contribution in [-0.2, 0) is 11.2 Å². The molecule has 0 saturated heterocycles. The summed E-state index contributed by atoms with van der Waals surface area (Å²) >= 11 is 0. The molecule has 1 fully saturated rings. The number of anilines is 1. The molecule has 3 heterocycles. The van der Waals surface area contributed by atoms with Gasteiger partial charge in [-0.3, -0.25) is 9.48 Å². The zero-order valence-corrected chi connectivity index (χ0v) is 13.7. The molecular weight excluding hydrogens is 320 g/mol. The van der Waals surface area contributed by atoms with E-state index in [9.17, 15) is 14.9 Å². The Balaban J connectivity index is 1.71. The molecule has 25 heavy (non-hydrogen) atoms. The van der Waals surface area contributed by atoms with Gasteiger partial charge >= 0.3 is 5.69 Å². The van der Waals surface area contributed by atoms with Crippen LogP contribution < -0.4 is 11.0 Å². The molecule has 4 rings (SSSR count). The zero-order valence-electron chi connectivity index (χ0n) is 13.7. The van der Waals surface area contributed by atoms with Crippen LogP contribution in [0.3, 0.4) is 0 Å². The highest BCUT2D eigenvalue weighted by Crippen LogP contribution is 2.37. The van der Waals surface area contributed by atoms with E-state index in [1.165, 1.54) is 12.8 Å². The lowest BCUT2D eigenvalue weighted by Gasteiger charge is -2.21. The molecule has 1 amide bonds. The number of aromatic amines is 1. The van der Waals surface area contributed by atoms with Crippen molar-refractivity contribution >= 4 is 11.7 Å². The number of aromatic nitrogens is 4. The summed E-state index contributed by atoms with van der Waals surface area (Å²) in [5.41, 5.74) is 1.48. The summed E-state index contributed by atoms with van der Waals surface area (Å²) in [5.74, 6) is 0.599. The maximum atomic E-state index is 11.8. The lowest BCUT2D eigenvalue weighted by atomic mass is 9.96. The molecule has 0 radical (unpaired) electrons. The van der Waals surface area contributed by atoms with Gasteiger partial charge in [0.25, 0.3) is 0 Å². The number of carbonyl (C=O) groups excluding carboxylic acids is 1. The molecule has 0 spiro atoms. The van der Waals surface area contributed by atoms with Crippen LogP contribution in [0.4, 0.5) is 5.82 Å².